The molecule has 4 atom stereocenters. The van der Waals surface area contributed by atoms with E-state index in [2.05, 4.69) is 42.3 Å². The average molecular weight is 415 g/mol. The molecule has 0 aromatic carbocycles. The first-order chi connectivity index (χ1) is 15.1. The van der Waals surface area contributed by atoms with Crippen LogP contribution in [0.5, 0.6) is 0 Å². The number of dihydropyridines is 1. The first-order valence-corrected chi connectivity index (χ1v) is 13.2. The van der Waals surface area contributed by atoms with Gasteiger partial charge in [-0.1, -0.05) is 25.2 Å². The van der Waals surface area contributed by atoms with E-state index in [1.165, 1.54) is 77.0 Å². The molecule has 0 radical (unpaired) electrons. The third-order valence-corrected chi connectivity index (χ3v) is 10.7. The second kappa shape index (κ2) is 6.72. The maximum absolute atomic E-state index is 4.72. The van der Waals surface area contributed by atoms with Crippen molar-refractivity contribution in [2.24, 2.45) is 33.6 Å². The quantitative estimate of drug-likeness (QED) is 0.476. The largest absolute Gasteiger partial charge is 0.341 e. The van der Waals surface area contributed by atoms with E-state index in [4.69, 9.17) is 4.99 Å². The van der Waals surface area contributed by atoms with E-state index in [1.54, 1.807) is 17.0 Å². The molecule has 2 unspecified atom stereocenters. The van der Waals surface area contributed by atoms with Gasteiger partial charge in [-0.2, -0.15) is 0 Å². The van der Waals surface area contributed by atoms with Crippen LogP contribution in [0.3, 0.4) is 0 Å². The van der Waals surface area contributed by atoms with Gasteiger partial charge < -0.3 is 4.90 Å². The van der Waals surface area contributed by atoms with Gasteiger partial charge in [0.1, 0.15) is 0 Å². The second-order valence-electron chi connectivity index (χ2n) is 12.3. The third-order valence-electron chi connectivity index (χ3n) is 10.7. The van der Waals surface area contributed by atoms with Crippen LogP contribution in [0, 0.1) is 28.6 Å². The van der Waals surface area contributed by atoms with Gasteiger partial charge in [-0.3, -0.25) is 4.99 Å². The first kappa shape index (κ1) is 18.9. The topological polar surface area (TPSA) is 15.6 Å². The number of fused-ring (bicyclic) bond motifs is 8. The first-order valence-electron chi connectivity index (χ1n) is 13.2. The minimum absolute atomic E-state index is 0.574. The van der Waals surface area contributed by atoms with E-state index in [0.717, 1.165) is 18.4 Å². The van der Waals surface area contributed by atoms with Crippen LogP contribution >= 0.6 is 0 Å². The van der Waals surface area contributed by atoms with Crippen LogP contribution in [0.4, 0.5) is 0 Å². The van der Waals surface area contributed by atoms with Gasteiger partial charge in [-0.25, -0.2) is 0 Å². The molecule has 31 heavy (non-hydrogen) atoms. The average Bonchev–Trinajstić information content (AvgIpc) is 3.03. The fourth-order valence-electron chi connectivity index (χ4n) is 8.70. The molecule has 0 aromatic heterocycles. The highest BCUT2D eigenvalue weighted by Gasteiger charge is 2.52. The molecule has 0 spiro atoms. The van der Waals surface area contributed by atoms with Gasteiger partial charge in [0, 0.05) is 36.0 Å². The molecule has 2 heteroatoms. The highest BCUT2D eigenvalue weighted by atomic mass is 15.2. The smallest absolute Gasteiger partial charge is 0.0585 e. The maximum Gasteiger partial charge on any atom is 0.0585 e. The zero-order valence-electron chi connectivity index (χ0n) is 19.3. The molecule has 8 aliphatic rings. The molecule has 0 aromatic rings. The number of nitrogens with zero attached hydrogens (tertiary/aromatic N) is 2. The minimum Gasteiger partial charge on any atom is -0.341 e. The Balaban J connectivity index is 1.29. The Morgan fingerprint density at radius 3 is 2.71 bits per heavy atom. The summed E-state index contributed by atoms with van der Waals surface area (Å²) >= 11 is 0. The molecule has 2 bridgehead atoms. The summed E-state index contributed by atoms with van der Waals surface area (Å²) in [7, 11) is 0. The Morgan fingerprint density at radius 2 is 1.87 bits per heavy atom. The zero-order valence-corrected chi connectivity index (χ0v) is 19.3. The van der Waals surface area contributed by atoms with Gasteiger partial charge in [0.25, 0.3) is 0 Å². The van der Waals surface area contributed by atoms with Crippen molar-refractivity contribution in [1.29, 1.82) is 0 Å². The lowest BCUT2D eigenvalue weighted by molar-refractivity contribution is -0.0124. The summed E-state index contributed by atoms with van der Waals surface area (Å²) in [5, 5.41) is 0. The van der Waals surface area contributed by atoms with Gasteiger partial charge in [0.2, 0.25) is 0 Å². The van der Waals surface area contributed by atoms with Crippen molar-refractivity contribution in [3.63, 3.8) is 0 Å². The standard InChI is InChI=1S/C29H38N2/c1-28-11-14-29(15-12-28,16-13-28)18-21-7-9-23-24-19-30-17-10-26(24)31-25-5-3-2-4-20(25)6-8-22(21)27(23)31/h2,4,6,10,17,21,23-25H,3,5,7-9,11-16,18-19H2,1H3/t21?,23-,24-,25?,28?,29?/m1/s1. The fourth-order valence-corrected chi connectivity index (χ4v) is 8.70. The number of aliphatic imine (C=N–C) groups is 1. The number of allylic oxidation sites excluding steroid dienone is 5. The van der Waals surface area contributed by atoms with E-state index in [-0.39, 0.29) is 0 Å². The van der Waals surface area contributed by atoms with Crippen LogP contribution < -0.4 is 0 Å². The van der Waals surface area contributed by atoms with Gasteiger partial charge >= 0.3 is 0 Å². The fraction of sp³-hybridized carbons (Fsp3) is 0.690. The molecular weight excluding hydrogens is 376 g/mol. The molecule has 8 rings (SSSR count). The summed E-state index contributed by atoms with van der Waals surface area (Å²) in [5.41, 5.74) is 8.15. The van der Waals surface area contributed by atoms with Crippen molar-refractivity contribution >= 4 is 6.21 Å². The number of rotatable bonds is 2. The third kappa shape index (κ3) is 2.79. The van der Waals surface area contributed by atoms with E-state index in [0.29, 0.717) is 22.8 Å². The number of hydrogen-bond donors (Lipinski definition) is 0. The SMILES string of the molecule is CC12CCC(CC3CC[C@H]4C5=C3CC=C3C=CCCC3N5C3=CC=NC[C@@H]34)(CC1)CC2. The molecule has 1 saturated heterocycles. The molecule has 3 heterocycles. The highest BCUT2D eigenvalue weighted by molar-refractivity contribution is 5.74. The summed E-state index contributed by atoms with van der Waals surface area (Å²) < 4.78 is 0. The molecule has 2 nitrogen and oxygen atoms in total. The predicted molar refractivity (Wildman–Crippen MR) is 128 cm³/mol. The van der Waals surface area contributed by atoms with Crippen molar-refractivity contribution in [3.05, 3.63) is 46.8 Å². The summed E-state index contributed by atoms with van der Waals surface area (Å²) in [4.78, 5) is 7.58. The Morgan fingerprint density at radius 1 is 1.03 bits per heavy atom. The Bertz CT molecular complexity index is 919. The maximum atomic E-state index is 4.72. The van der Waals surface area contributed by atoms with Crippen molar-refractivity contribution in [3.8, 4) is 0 Å². The van der Waals surface area contributed by atoms with E-state index < -0.39 is 0 Å². The van der Waals surface area contributed by atoms with Crippen molar-refractivity contribution in [2.45, 2.75) is 90.0 Å². The summed E-state index contributed by atoms with van der Waals surface area (Å²) in [5.74, 6) is 2.19. The van der Waals surface area contributed by atoms with Crippen LogP contribution in [0.2, 0.25) is 0 Å². The van der Waals surface area contributed by atoms with Crippen molar-refractivity contribution < 1.29 is 0 Å². The van der Waals surface area contributed by atoms with Crippen LogP contribution in [0.1, 0.15) is 84.0 Å². The number of hydrogen-bond acceptors (Lipinski definition) is 2. The lowest BCUT2D eigenvalue weighted by atomic mass is 9.52. The Hall–Kier alpha value is -1.57. The monoisotopic (exact) mass is 414 g/mol. The lowest BCUT2D eigenvalue weighted by Gasteiger charge is -2.54. The van der Waals surface area contributed by atoms with Crippen LogP contribution in [-0.4, -0.2) is 23.7 Å². The normalized spacial score (nSPS) is 45.0. The molecular formula is C29H38N2. The molecule has 4 fully saturated rings. The summed E-state index contributed by atoms with van der Waals surface area (Å²) in [6.45, 7) is 3.57. The van der Waals surface area contributed by atoms with Crippen LogP contribution in [-0.2, 0) is 0 Å². The molecule has 3 aliphatic heterocycles. The van der Waals surface area contributed by atoms with E-state index >= 15 is 0 Å². The van der Waals surface area contributed by atoms with Crippen molar-refractivity contribution in [2.75, 3.05) is 6.54 Å². The molecule has 164 valence electrons. The highest BCUT2D eigenvalue weighted by Crippen LogP contribution is 2.62. The van der Waals surface area contributed by atoms with Crippen molar-refractivity contribution in [1.82, 2.24) is 4.90 Å². The summed E-state index contributed by atoms with van der Waals surface area (Å²) in [6.07, 6.45) is 28.9. The molecule has 3 saturated carbocycles. The minimum atomic E-state index is 0.574. The van der Waals surface area contributed by atoms with Gasteiger partial charge in [0.15, 0.2) is 0 Å². The predicted octanol–water partition coefficient (Wildman–Crippen LogP) is 6.97. The molecule has 0 amide bonds. The Labute approximate surface area is 188 Å². The zero-order chi connectivity index (χ0) is 20.6. The second-order valence-corrected chi connectivity index (χ2v) is 12.3. The van der Waals surface area contributed by atoms with Gasteiger partial charge in [-0.15, -0.1) is 0 Å². The molecule has 0 N–H and O–H groups in total. The Kier molecular flexibility index (Phi) is 4.11. The van der Waals surface area contributed by atoms with Crippen LogP contribution in [0.25, 0.3) is 0 Å². The summed E-state index contributed by atoms with van der Waals surface area (Å²) in [6, 6.07) is 0.574. The molecule has 5 aliphatic carbocycles. The lowest BCUT2D eigenvalue weighted by Crippen LogP contribution is -2.41. The van der Waals surface area contributed by atoms with Gasteiger partial charge in [0.05, 0.1) is 6.04 Å². The van der Waals surface area contributed by atoms with Gasteiger partial charge in [-0.05, 0) is 111 Å². The van der Waals surface area contributed by atoms with Crippen LogP contribution in [0.15, 0.2) is 51.8 Å². The van der Waals surface area contributed by atoms with E-state index in [9.17, 15) is 0 Å². The van der Waals surface area contributed by atoms with E-state index in [1.807, 2.05) is 5.57 Å².